The van der Waals surface area contributed by atoms with Crippen LogP contribution < -0.4 is 4.74 Å². The molecule has 0 spiro atoms. The molecule has 0 fully saturated rings. The molecule has 14 heavy (non-hydrogen) atoms. The van der Waals surface area contributed by atoms with Crippen molar-refractivity contribution in [3.05, 3.63) is 35.4 Å². The van der Waals surface area contributed by atoms with Crippen molar-refractivity contribution in [3.8, 4) is 5.75 Å². The Kier molecular flexibility index (Phi) is 4.16. The molecule has 0 aliphatic carbocycles. The predicted molar refractivity (Wildman–Crippen MR) is 55.1 cm³/mol. The summed E-state index contributed by atoms with van der Waals surface area (Å²) in [5, 5.41) is 17.7. The SMILES string of the molecule is COc1ccc(C=C(CO)CO)cc1. The van der Waals surface area contributed by atoms with Crippen LogP contribution in [0.4, 0.5) is 0 Å². The molecule has 0 aliphatic heterocycles. The Morgan fingerprint density at radius 2 is 1.79 bits per heavy atom. The van der Waals surface area contributed by atoms with Gasteiger partial charge in [0, 0.05) is 0 Å². The summed E-state index contributed by atoms with van der Waals surface area (Å²) in [7, 11) is 1.61. The van der Waals surface area contributed by atoms with Crippen molar-refractivity contribution in [1.29, 1.82) is 0 Å². The molecular formula is C11H14O3. The van der Waals surface area contributed by atoms with Crippen LogP contribution in [0.1, 0.15) is 5.56 Å². The Labute approximate surface area is 83.3 Å². The molecule has 76 valence electrons. The van der Waals surface area contributed by atoms with Crippen LogP contribution in [0.5, 0.6) is 5.75 Å². The molecule has 0 heterocycles. The fraction of sp³-hybridized carbons (Fsp3) is 0.273. The van der Waals surface area contributed by atoms with Crippen molar-refractivity contribution in [2.75, 3.05) is 20.3 Å². The molecule has 0 bridgehead atoms. The smallest absolute Gasteiger partial charge is 0.118 e. The molecule has 2 N–H and O–H groups in total. The molecule has 0 aliphatic rings. The van der Waals surface area contributed by atoms with Crippen LogP contribution in [0, 0.1) is 0 Å². The third-order valence-electron chi connectivity index (χ3n) is 1.89. The number of methoxy groups -OCH3 is 1. The molecule has 0 unspecified atom stereocenters. The first-order valence-corrected chi connectivity index (χ1v) is 4.35. The molecule has 1 aromatic rings. The van der Waals surface area contributed by atoms with Gasteiger partial charge < -0.3 is 14.9 Å². The number of aliphatic hydroxyl groups is 2. The lowest BCUT2D eigenvalue weighted by Crippen LogP contribution is -1.95. The molecule has 1 aromatic carbocycles. The number of rotatable bonds is 4. The van der Waals surface area contributed by atoms with Crippen LogP contribution in [0.2, 0.25) is 0 Å². The second-order valence-electron chi connectivity index (χ2n) is 2.89. The molecule has 0 amide bonds. The zero-order valence-corrected chi connectivity index (χ0v) is 8.10. The molecule has 0 saturated carbocycles. The lowest BCUT2D eigenvalue weighted by atomic mass is 10.1. The summed E-state index contributed by atoms with van der Waals surface area (Å²) in [6, 6.07) is 7.39. The maximum absolute atomic E-state index is 8.84. The fourth-order valence-corrected chi connectivity index (χ4v) is 1.08. The van der Waals surface area contributed by atoms with Crippen molar-refractivity contribution < 1.29 is 14.9 Å². The van der Waals surface area contributed by atoms with Gasteiger partial charge in [-0.2, -0.15) is 0 Å². The minimum Gasteiger partial charge on any atom is -0.497 e. The number of hydrogen-bond acceptors (Lipinski definition) is 3. The van der Waals surface area contributed by atoms with Crippen LogP contribution >= 0.6 is 0 Å². The van der Waals surface area contributed by atoms with Crippen molar-refractivity contribution in [3.63, 3.8) is 0 Å². The largest absolute Gasteiger partial charge is 0.497 e. The van der Waals surface area contributed by atoms with E-state index in [2.05, 4.69) is 0 Å². The van der Waals surface area contributed by atoms with E-state index in [0.717, 1.165) is 11.3 Å². The Hall–Kier alpha value is -1.32. The van der Waals surface area contributed by atoms with Crippen LogP contribution in [-0.2, 0) is 0 Å². The Morgan fingerprint density at radius 3 is 2.21 bits per heavy atom. The zero-order chi connectivity index (χ0) is 10.4. The Morgan fingerprint density at radius 1 is 1.21 bits per heavy atom. The topological polar surface area (TPSA) is 49.7 Å². The zero-order valence-electron chi connectivity index (χ0n) is 8.10. The Balaban J connectivity index is 2.81. The second-order valence-corrected chi connectivity index (χ2v) is 2.89. The summed E-state index contributed by atoms with van der Waals surface area (Å²) < 4.78 is 5.01. The van der Waals surface area contributed by atoms with Gasteiger partial charge in [-0.05, 0) is 23.3 Å². The first-order valence-electron chi connectivity index (χ1n) is 4.35. The lowest BCUT2D eigenvalue weighted by Gasteiger charge is -2.01. The van der Waals surface area contributed by atoms with Crippen molar-refractivity contribution in [2.24, 2.45) is 0 Å². The van der Waals surface area contributed by atoms with E-state index in [9.17, 15) is 0 Å². The van der Waals surface area contributed by atoms with Gasteiger partial charge in [-0.3, -0.25) is 0 Å². The van der Waals surface area contributed by atoms with Gasteiger partial charge in [-0.15, -0.1) is 0 Å². The molecule has 1 rings (SSSR count). The maximum atomic E-state index is 8.84. The maximum Gasteiger partial charge on any atom is 0.118 e. The number of aliphatic hydroxyl groups excluding tert-OH is 2. The van der Waals surface area contributed by atoms with Gasteiger partial charge in [-0.1, -0.05) is 18.2 Å². The third kappa shape index (κ3) is 2.87. The molecule has 0 saturated heterocycles. The van der Waals surface area contributed by atoms with E-state index in [0.29, 0.717) is 5.57 Å². The van der Waals surface area contributed by atoms with Gasteiger partial charge in [0.1, 0.15) is 5.75 Å². The summed E-state index contributed by atoms with van der Waals surface area (Å²) >= 11 is 0. The summed E-state index contributed by atoms with van der Waals surface area (Å²) in [5.74, 6) is 0.789. The van der Waals surface area contributed by atoms with Gasteiger partial charge in [0.05, 0.1) is 20.3 Å². The van der Waals surface area contributed by atoms with E-state index < -0.39 is 0 Å². The van der Waals surface area contributed by atoms with E-state index in [1.807, 2.05) is 24.3 Å². The quantitative estimate of drug-likeness (QED) is 0.753. The molecule has 0 radical (unpaired) electrons. The highest BCUT2D eigenvalue weighted by atomic mass is 16.5. The number of hydrogen-bond donors (Lipinski definition) is 2. The number of benzene rings is 1. The molecular weight excluding hydrogens is 180 g/mol. The number of ether oxygens (including phenoxy) is 1. The predicted octanol–water partition coefficient (Wildman–Crippen LogP) is 1.06. The normalized spacial score (nSPS) is 9.64. The highest BCUT2D eigenvalue weighted by molar-refractivity contribution is 5.54. The first kappa shape index (κ1) is 10.8. The van der Waals surface area contributed by atoms with Crippen molar-refractivity contribution in [2.45, 2.75) is 0 Å². The van der Waals surface area contributed by atoms with E-state index in [1.54, 1.807) is 13.2 Å². The average Bonchev–Trinajstić information content (AvgIpc) is 2.26. The minimum atomic E-state index is -0.122. The monoisotopic (exact) mass is 194 g/mol. The van der Waals surface area contributed by atoms with Gasteiger partial charge in [-0.25, -0.2) is 0 Å². The lowest BCUT2D eigenvalue weighted by molar-refractivity contribution is 0.278. The van der Waals surface area contributed by atoms with Crippen LogP contribution in [-0.4, -0.2) is 30.5 Å². The van der Waals surface area contributed by atoms with Crippen molar-refractivity contribution >= 4 is 6.08 Å². The average molecular weight is 194 g/mol. The highest BCUT2D eigenvalue weighted by Crippen LogP contribution is 2.13. The van der Waals surface area contributed by atoms with Gasteiger partial charge in [0.15, 0.2) is 0 Å². The third-order valence-corrected chi connectivity index (χ3v) is 1.89. The molecule has 0 atom stereocenters. The van der Waals surface area contributed by atoms with Gasteiger partial charge >= 0.3 is 0 Å². The van der Waals surface area contributed by atoms with Gasteiger partial charge in [0.2, 0.25) is 0 Å². The highest BCUT2D eigenvalue weighted by Gasteiger charge is 1.94. The summed E-state index contributed by atoms with van der Waals surface area (Å²) in [6.45, 7) is -0.245. The summed E-state index contributed by atoms with van der Waals surface area (Å²) in [6.07, 6.45) is 1.75. The first-order chi connectivity index (χ1) is 6.80. The van der Waals surface area contributed by atoms with Crippen LogP contribution in [0.25, 0.3) is 6.08 Å². The van der Waals surface area contributed by atoms with Crippen LogP contribution in [0.3, 0.4) is 0 Å². The summed E-state index contributed by atoms with van der Waals surface area (Å²) in [5.41, 5.74) is 1.53. The van der Waals surface area contributed by atoms with E-state index in [4.69, 9.17) is 14.9 Å². The summed E-state index contributed by atoms with van der Waals surface area (Å²) in [4.78, 5) is 0. The molecule has 3 nitrogen and oxygen atoms in total. The standard InChI is InChI=1S/C11H14O3/c1-14-11-4-2-9(3-5-11)6-10(7-12)8-13/h2-6,12-13H,7-8H2,1H3. The minimum absolute atomic E-state index is 0.122. The second kappa shape index (κ2) is 5.42. The molecule has 0 aromatic heterocycles. The van der Waals surface area contributed by atoms with E-state index in [1.165, 1.54) is 0 Å². The van der Waals surface area contributed by atoms with E-state index in [-0.39, 0.29) is 13.2 Å². The van der Waals surface area contributed by atoms with Gasteiger partial charge in [0.25, 0.3) is 0 Å². The Bertz CT molecular complexity index is 295. The van der Waals surface area contributed by atoms with Crippen LogP contribution in [0.15, 0.2) is 29.8 Å². The molecule has 3 heteroatoms. The fourth-order valence-electron chi connectivity index (χ4n) is 1.08. The van der Waals surface area contributed by atoms with E-state index >= 15 is 0 Å². The van der Waals surface area contributed by atoms with Crippen molar-refractivity contribution in [1.82, 2.24) is 0 Å².